The molecular weight excluding hydrogens is 482 g/mol. The molecule has 0 fully saturated rings. The highest BCUT2D eigenvalue weighted by molar-refractivity contribution is 7.87. The molecule has 3 aromatic rings. The summed E-state index contributed by atoms with van der Waals surface area (Å²) in [5.74, 6) is -0.553. The fourth-order valence-electron chi connectivity index (χ4n) is 3.19. The number of halogens is 4. The lowest BCUT2D eigenvalue weighted by atomic mass is 9.83. The summed E-state index contributed by atoms with van der Waals surface area (Å²) in [5, 5.41) is 19.6. The molecular formula is C19H12Cl4O5S. The van der Waals surface area contributed by atoms with Gasteiger partial charge in [-0.25, -0.2) is 0 Å². The summed E-state index contributed by atoms with van der Waals surface area (Å²) in [5.41, 5.74) is -0.260. The van der Waals surface area contributed by atoms with Gasteiger partial charge < -0.3 is 10.2 Å². The second-order valence-corrected chi connectivity index (χ2v) is 9.33. The van der Waals surface area contributed by atoms with Crippen LogP contribution in [0.5, 0.6) is 11.5 Å². The van der Waals surface area contributed by atoms with Gasteiger partial charge in [-0.3, -0.25) is 4.55 Å². The van der Waals surface area contributed by atoms with Crippen molar-refractivity contribution >= 4 is 56.5 Å². The van der Waals surface area contributed by atoms with Crippen molar-refractivity contribution in [3.8, 4) is 11.5 Å². The van der Waals surface area contributed by atoms with E-state index in [0.29, 0.717) is 0 Å². The van der Waals surface area contributed by atoms with E-state index in [1.807, 2.05) is 0 Å². The molecule has 0 aromatic heterocycles. The van der Waals surface area contributed by atoms with E-state index in [1.54, 1.807) is 0 Å². The van der Waals surface area contributed by atoms with Crippen LogP contribution in [0.3, 0.4) is 0 Å². The SMILES string of the molecule is O=S(=O)(O)C(c1ccc(O)cc1)(c1ccc(Cl)c(O)c1)c1c(Cl)cc(Cl)cc1Cl. The molecule has 29 heavy (non-hydrogen) atoms. The van der Waals surface area contributed by atoms with E-state index in [9.17, 15) is 23.2 Å². The van der Waals surface area contributed by atoms with Crippen molar-refractivity contribution in [1.29, 1.82) is 0 Å². The Morgan fingerprint density at radius 1 is 0.724 bits per heavy atom. The highest BCUT2D eigenvalue weighted by Crippen LogP contribution is 2.50. The summed E-state index contributed by atoms with van der Waals surface area (Å²) in [6.45, 7) is 0. The van der Waals surface area contributed by atoms with Crippen molar-refractivity contribution in [2.24, 2.45) is 0 Å². The Bertz CT molecular complexity index is 1170. The molecule has 1 unspecified atom stereocenters. The van der Waals surface area contributed by atoms with Gasteiger partial charge in [-0.1, -0.05) is 64.6 Å². The minimum atomic E-state index is -5.03. The minimum absolute atomic E-state index is 0.00523. The summed E-state index contributed by atoms with van der Waals surface area (Å²) in [4.78, 5) is 0. The molecule has 0 heterocycles. The quantitative estimate of drug-likeness (QED) is 0.311. The van der Waals surface area contributed by atoms with Crippen molar-refractivity contribution in [2.75, 3.05) is 0 Å². The molecule has 0 saturated carbocycles. The number of hydrogen-bond donors (Lipinski definition) is 3. The summed E-state index contributed by atoms with van der Waals surface area (Å²) in [6, 6.07) is 11.3. The normalized spacial score (nSPS) is 13.8. The van der Waals surface area contributed by atoms with Crippen LogP contribution in [0.2, 0.25) is 20.1 Å². The molecule has 5 nitrogen and oxygen atoms in total. The minimum Gasteiger partial charge on any atom is -0.508 e. The van der Waals surface area contributed by atoms with Gasteiger partial charge >= 0.3 is 0 Å². The van der Waals surface area contributed by atoms with Crippen LogP contribution in [0, 0.1) is 0 Å². The number of phenols is 2. The molecule has 0 radical (unpaired) electrons. The van der Waals surface area contributed by atoms with E-state index < -0.39 is 20.6 Å². The lowest BCUT2D eigenvalue weighted by Gasteiger charge is -2.34. The van der Waals surface area contributed by atoms with Gasteiger partial charge in [0.25, 0.3) is 10.1 Å². The van der Waals surface area contributed by atoms with Gasteiger partial charge in [-0.05, 0) is 47.5 Å². The molecule has 3 N–H and O–H groups in total. The first kappa shape index (κ1) is 22.0. The van der Waals surface area contributed by atoms with E-state index >= 15 is 0 Å². The van der Waals surface area contributed by atoms with E-state index in [2.05, 4.69) is 0 Å². The van der Waals surface area contributed by atoms with Crippen molar-refractivity contribution in [3.05, 3.63) is 91.4 Å². The zero-order valence-corrected chi connectivity index (χ0v) is 18.1. The molecule has 0 aliphatic carbocycles. The Morgan fingerprint density at radius 3 is 1.72 bits per heavy atom. The molecule has 0 saturated heterocycles. The molecule has 10 heteroatoms. The molecule has 3 rings (SSSR count). The second kappa shape index (κ2) is 7.87. The van der Waals surface area contributed by atoms with Crippen LogP contribution in [0.15, 0.2) is 54.6 Å². The highest BCUT2D eigenvalue weighted by Gasteiger charge is 2.51. The first-order valence-corrected chi connectivity index (χ1v) is 10.8. The Kier molecular flexibility index (Phi) is 5.98. The maximum absolute atomic E-state index is 13.0. The highest BCUT2D eigenvalue weighted by atomic mass is 35.5. The summed E-state index contributed by atoms with van der Waals surface area (Å²) in [7, 11) is -5.03. The van der Waals surface area contributed by atoms with Crippen LogP contribution >= 0.6 is 46.4 Å². The van der Waals surface area contributed by atoms with Crippen LogP contribution in [0.25, 0.3) is 0 Å². The number of aromatic hydroxyl groups is 2. The van der Waals surface area contributed by atoms with Crippen LogP contribution in [0.4, 0.5) is 0 Å². The number of benzene rings is 3. The second-order valence-electron chi connectivity index (χ2n) is 6.11. The Balaban J connectivity index is 2.58. The van der Waals surface area contributed by atoms with Gasteiger partial charge in [0.05, 0.1) is 5.02 Å². The van der Waals surface area contributed by atoms with Crippen molar-refractivity contribution in [1.82, 2.24) is 0 Å². The van der Waals surface area contributed by atoms with Crippen molar-refractivity contribution in [3.63, 3.8) is 0 Å². The molecule has 3 aromatic carbocycles. The van der Waals surface area contributed by atoms with Gasteiger partial charge in [-0.15, -0.1) is 0 Å². The smallest absolute Gasteiger partial charge is 0.283 e. The van der Waals surface area contributed by atoms with Crippen LogP contribution in [-0.2, 0) is 14.9 Å². The number of phenolic OH excluding ortho intramolecular Hbond substituents is 2. The largest absolute Gasteiger partial charge is 0.508 e. The fourth-order valence-corrected chi connectivity index (χ4v) is 5.86. The van der Waals surface area contributed by atoms with Crippen molar-refractivity contribution in [2.45, 2.75) is 4.75 Å². The molecule has 0 aliphatic rings. The van der Waals surface area contributed by atoms with Gasteiger partial charge in [0.15, 0.2) is 4.75 Å². The third-order valence-corrected chi connectivity index (χ3v) is 6.96. The third-order valence-electron chi connectivity index (χ3n) is 4.37. The molecule has 0 amide bonds. The van der Waals surface area contributed by atoms with Crippen molar-refractivity contribution < 1.29 is 23.2 Å². The third kappa shape index (κ3) is 3.77. The molecule has 152 valence electrons. The summed E-state index contributed by atoms with van der Waals surface area (Å²) >= 11 is 24.5. The average molecular weight is 494 g/mol. The van der Waals surface area contributed by atoms with Crippen LogP contribution in [-0.4, -0.2) is 23.2 Å². The predicted octanol–water partition coefficient (Wildman–Crippen LogP) is 5.89. The van der Waals surface area contributed by atoms with Gasteiger partial charge in [0, 0.05) is 20.6 Å². The van der Waals surface area contributed by atoms with Crippen LogP contribution in [0.1, 0.15) is 16.7 Å². The average Bonchev–Trinajstić information content (AvgIpc) is 2.60. The Hall–Kier alpha value is -1.67. The maximum atomic E-state index is 13.0. The zero-order chi connectivity index (χ0) is 21.6. The topological polar surface area (TPSA) is 94.8 Å². The summed E-state index contributed by atoms with van der Waals surface area (Å²) < 4.78 is 34.0. The van der Waals surface area contributed by atoms with Crippen LogP contribution < -0.4 is 0 Å². The Labute approximate surface area is 186 Å². The van der Waals surface area contributed by atoms with E-state index in [-0.39, 0.29) is 42.5 Å². The first-order valence-electron chi connectivity index (χ1n) is 7.89. The lowest BCUT2D eigenvalue weighted by molar-refractivity contribution is 0.455. The monoisotopic (exact) mass is 492 g/mol. The maximum Gasteiger partial charge on any atom is 0.283 e. The van der Waals surface area contributed by atoms with Gasteiger partial charge in [-0.2, -0.15) is 8.42 Å². The molecule has 1 atom stereocenters. The predicted molar refractivity (Wildman–Crippen MR) is 114 cm³/mol. The fraction of sp³-hybridized carbons (Fsp3) is 0.0526. The zero-order valence-electron chi connectivity index (χ0n) is 14.3. The number of hydrogen-bond acceptors (Lipinski definition) is 4. The standard InChI is InChI=1S/C19H12Cl4O5S/c20-12-8-15(22)18(16(23)9-12)19(29(26,27)28,10-1-4-13(24)5-2-10)11-3-6-14(21)17(25)7-11/h1-9,24-25H,(H,26,27,28). The van der Waals surface area contributed by atoms with E-state index in [0.717, 1.165) is 6.07 Å². The molecule has 0 bridgehead atoms. The first-order chi connectivity index (χ1) is 13.5. The molecule has 0 aliphatic heterocycles. The molecule has 0 spiro atoms. The number of rotatable bonds is 4. The van der Waals surface area contributed by atoms with E-state index in [1.165, 1.54) is 48.5 Å². The van der Waals surface area contributed by atoms with Gasteiger partial charge in [0.1, 0.15) is 11.5 Å². The Morgan fingerprint density at radius 2 is 1.24 bits per heavy atom. The summed E-state index contributed by atoms with van der Waals surface area (Å²) in [6.07, 6.45) is 0. The van der Waals surface area contributed by atoms with E-state index in [4.69, 9.17) is 46.4 Å². The van der Waals surface area contributed by atoms with Gasteiger partial charge in [0.2, 0.25) is 0 Å². The lowest BCUT2D eigenvalue weighted by Crippen LogP contribution is -2.38.